The third-order valence-electron chi connectivity index (χ3n) is 9.84. The molecule has 6 heteroatoms. The number of aliphatic hydroxyl groups is 2. The second kappa shape index (κ2) is 12.5. The lowest BCUT2D eigenvalue weighted by Crippen LogP contribution is -1.96. The molecule has 10 rings (SSSR count). The van der Waals surface area contributed by atoms with Crippen LogP contribution in [0.4, 0.5) is 0 Å². The van der Waals surface area contributed by atoms with Crippen LogP contribution in [0.5, 0.6) is 23.0 Å². The summed E-state index contributed by atoms with van der Waals surface area (Å²) in [5.74, 6) is 2.77. The van der Waals surface area contributed by atoms with E-state index in [9.17, 15) is 10.2 Å². The summed E-state index contributed by atoms with van der Waals surface area (Å²) < 4.78 is 18.5. The van der Waals surface area contributed by atoms with E-state index in [2.05, 4.69) is 109 Å². The molecule has 0 spiro atoms. The van der Waals surface area contributed by atoms with Gasteiger partial charge in [-0.05, 0) is 81.2 Å². The van der Waals surface area contributed by atoms with E-state index in [0.717, 1.165) is 74.7 Å². The maximum Gasteiger partial charge on any atom is 0.145 e. The Labute approximate surface area is 307 Å². The third kappa shape index (κ3) is 5.03. The topological polar surface area (TPSA) is 58.9 Å². The highest BCUT2D eigenvalue weighted by atomic mass is 32.1. The number of benzene rings is 8. The number of thiophene rings is 2. The maximum atomic E-state index is 10.3. The van der Waals surface area contributed by atoms with E-state index in [4.69, 9.17) is 9.47 Å². The van der Waals surface area contributed by atoms with E-state index in [0.29, 0.717) is 23.0 Å². The zero-order valence-electron chi connectivity index (χ0n) is 27.8. The Hall–Kier alpha value is -5.76. The van der Waals surface area contributed by atoms with Crippen LogP contribution < -0.4 is 9.47 Å². The summed E-state index contributed by atoms with van der Waals surface area (Å²) in [6.07, 6.45) is 0. The molecule has 2 N–H and O–H groups in total. The normalized spacial score (nSPS) is 11.8. The number of hydrogen-bond donors (Lipinski definition) is 2. The number of aliphatic hydroxyl groups excluding tert-OH is 2. The van der Waals surface area contributed by atoms with Crippen molar-refractivity contribution >= 4 is 84.6 Å². The summed E-state index contributed by atoms with van der Waals surface area (Å²) in [6, 6.07) is 49.8. The smallest absolute Gasteiger partial charge is 0.145 e. The third-order valence-corrected chi connectivity index (χ3v) is 12.2. The fraction of sp³-hybridized carbons (Fsp3) is 0.0435. The Morgan fingerprint density at radius 1 is 0.385 bits per heavy atom. The lowest BCUT2D eigenvalue weighted by Gasteiger charge is -2.20. The van der Waals surface area contributed by atoms with Crippen LogP contribution in [0.2, 0.25) is 0 Å². The van der Waals surface area contributed by atoms with E-state index in [1.807, 2.05) is 36.4 Å². The van der Waals surface area contributed by atoms with Gasteiger partial charge in [0.05, 0.1) is 22.6 Å². The zero-order chi connectivity index (χ0) is 34.8. The summed E-state index contributed by atoms with van der Waals surface area (Å²) in [7, 11) is 0. The van der Waals surface area contributed by atoms with Gasteiger partial charge in [-0.3, -0.25) is 0 Å². The van der Waals surface area contributed by atoms with Crippen LogP contribution in [0.15, 0.2) is 146 Å². The van der Waals surface area contributed by atoms with Crippen LogP contribution in [-0.4, -0.2) is 10.2 Å². The summed E-state index contributed by atoms with van der Waals surface area (Å²) in [5.41, 5.74) is 3.41. The molecule has 0 bridgehead atoms. The minimum absolute atomic E-state index is 0.0958. The summed E-state index contributed by atoms with van der Waals surface area (Å²) in [6.45, 7) is -0.192. The summed E-state index contributed by atoms with van der Waals surface area (Å²) in [4.78, 5) is 0. The van der Waals surface area contributed by atoms with Gasteiger partial charge in [-0.25, -0.2) is 0 Å². The highest BCUT2D eigenvalue weighted by Crippen LogP contribution is 2.51. The van der Waals surface area contributed by atoms with Crippen molar-refractivity contribution < 1.29 is 19.7 Å². The van der Waals surface area contributed by atoms with E-state index in [1.54, 1.807) is 22.7 Å². The predicted octanol–water partition coefficient (Wildman–Crippen LogP) is 13.0. The van der Waals surface area contributed by atoms with Crippen LogP contribution >= 0.6 is 22.7 Å². The van der Waals surface area contributed by atoms with Gasteiger partial charge < -0.3 is 19.7 Å². The van der Waals surface area contributed by atoms with Gasteiger partial charge in [0.15, 0.2) is 0 Å². The molecule has 0 saturated heterocycles. The minimum Gasteiger partial charge on any atom is -0.455 e. The van der Waals surface area contributed by atoms with Gasteiger partial charge in [-0.15, -0.1) is 22.7 Å². The van der Waals surface area contributed by atoms with Crippen molar-refractivity contribution in [2.75, 3.05) is 0 Å². The highest BCUT2D eigenvalue weighted by molar-refractivity contribution is 7.26. The molecule has 10 aromatic rings. The molecule has 250 valence electrons. The number of hydrogen-bond acceptors (Lipinski definition) is 6. The highest BCUT2D eigenvalue weighted by Gasteiger charge is 2.23. The van der Waals surface area contributed by atoms with Gasteiger partial charge in [0.1, 0.15) is 23.0 Å². The second-order valence-corrected chi connectivity index (χ2v) is 15.1. The summed E-state index contributed by atoms with van der Waals surface area (Å²) >= 11 is 3.39. The van der Waals surface area contributed by atoms with Crippen LogP contribution in [0, 0.1) is 0 Å². The molecule has 0 amide bonds. The molecule has 0 atom stereocenters. The fourth-order valence-electron chi connectivity index (χ4n) is 7.47. The molecule has 0 aliphatic carbocycles. The average Bonchev–Trinajstić information content (AvgIpc) is 3.77. The monoisotopic (exact) mass is 710 g/mol. The molecule has 0 unspecified atom stereocenters. The first-order valence-electron chi connectivity index (χ1n) is 17.2. The standard InChI is InChI=1S/C46H30O4S2/c47-25-27-21-35-33-13-5-7-15-41(33)51-45(35)39(23-27)49-37-19-17-29-9-1-3-11-31(29)43(37)44-32-12-4-2-10-30(32)18-20-38(44)50-40-24-28(26-48)22-36-34-14-6-8-16-42(34)52-46(36)40/h1-24,47-48H,25-26H2. The Bertz CT molecular complexity index is 2810. The quantitative estimate of drug-likeness (QED) is 0.173. The van der Waals surface area contributed by atoms with Gasteiger partial charge in [0, 0.05) is 42.1 Å². The van der Waals surface area contributed by atoms with Crippen LogP contribution in [-0.2, 0) is 13.2 Å². The number of fused-ring (bicyclic) bond motifs is 8. The largest absolute Gasteiger partial charge is 0.455 e. The Morgan fingerprint density at radius 2 is 0.788 bits per heavy atom. The molecular formula is C46H30O4S2. The SMILES string of the molecule is OCc1cc(Oc2ccc3ccccc3c2-c2c(Oc3cc(CO)cc4c3sc3ccccc34)ccc3ccccc23)c2sc3ccccc3c2c1. The van der Waals surface area contributed by atoms with Crippen LogP contribution in [0.25, 0.3) is 73.0 Å². The van der Waals surface area contributed by atoms with Crippen molar-refractivity contribution in [3.8, 4) is 34.1 Å². The Balaban J connectivity index is 1.24. The summed E-state index contributed by atoms with van der Waals surface area (Å²) in [5, 5.41) is 29.3. The lowest BCUT2D eigenvalue weighted by molar-refractivity contribution is 0.281. The molecule has 0 saturated carbocycles. The van der Waals surface area contributed by atoms with Gasteiger partial charge in [-0.1, -0.05) is 97.1 Å². The molecule has 0 radical (unpaired) electrons. The van der Waals surface area contributed by atoms with Crippen molar-refractivity contribution in [1.29, 1.82) is 0 Å². The lowest BCUT2D eigenvalue weighted by atomic mass is 9.92. The van der Waals surface area contributed by atoms with E-state index in [-0.39, 0.29) is 13.2 Å². The van der Waals surface area contributed by atoms with Gasteiger partial charge >= 0.3 is 0 Å². The minimum atomic E-state index is -0.0958. The van der Waals surface area contributed by atoms with E-state index < -0.39 is 0 Å². The fourth-order valence-corrected chi connectivity index (χ4v) is 9.73. The van der Waals surface area contributed by atoms with Crippen LogP contribution in [0.3, 0.4) is 0 Å². The number of rotatable bonds is 7. The molecule has 0 fully saturated rings. The first-order chi connectivity index (χ1) is 25.7. The van der Waals surface area contributed by atoms with Gasteiger partial charge in [-0.2, -0.15) is 0 Å². The second-order valence-electron chi connectivity index (χ2n) is 13.0. The first-order valence-corrected chi connectivity index (χ1v) is 18.8. The zero-order valence-corrected chi connectivity index (χ0v) is 29.4. The molecule has 0 aliphatic heterocycles. The molecule has 2 aromatic heterocycles. The van der Waals surface area contributed by atoms with Crippen molar-refractivity contribution in [1.82, 2.24) is 0 Å². The van der Waals surface area contributed by atoms with E-state index >= 15 is 0 Å². The molecule has 8 aromatic carbocycles. The van der Waals surface area contributed by atoms with Crippen molar-refractivity contribution in [2.24, 2.45) is 0 Å². The Morgan fingerprint density at radius 3 is 1.23 bits per heavy atom. The predicted molar refractivity (Wildman–Crippen MR) is 218 cm³/mol. The molecule has 2 heterocycles. The molecular weight excluding hydrogens is 681 g/mol. The van der Waals surface area contributed by atoms with Gasteiger partial charge in [0.2, 0.25) is 0 Å². The Kier molecular flexibility index (Phi) is 7.44. The van der Waals surface area contributed by atoms with Crippen molar-refractivity contribution in [3.05, 3.63) is 157 Å². The molecule has 0 aliphatic rings. The van der Waals surface area contributed by atoms with E-state index in [1.165, 1.54) is 9.40 Å². The van der Waals surface area contributed by atoms with Gasteiger partial charge in [0.25, 0.3) is 0 Å². The maximum absolute atomic E-state index is 10.3. The molecule has 52 heavy (non-hydrogen) atoms. The van der Waals surface area contributed by atoms with Crippen molar-refractivity contribution in [3.63, 3.8) is 0 Å². The number of ether oxygens (including phenoxy) is 2. The first kappa shape index (κ1) is 31.0. The van der Waals surface area contributed by atoms with Crippen LogP contribution in [0.1, 0.15) is 11.1 Å². The van der Waals surface area contributed by atoms with Crippen molar-refractivity contribution in [2.45, 2.75) is 13.2 Å². The average molecular weight is 711 g/mol. The molecule has 4 nitrogen and oxygen atoms in total.